The van der Waals surface area contributed by atoms with Crippen molar-refractivity contribution in [3.63, 3.8) is 0 Å². The van der Waals surface area contributed by atoms with Gasteiger partial charge < -0.3 is 20.4 Å². The van der Waals surface area contributed by atoms with Crippen LogP contribution in [0.5, 0.6) is 0 Å². The van der Waals surface area contributed by atoms with Crippen molar-refractivity contribution in [1.29, 1.82) is 0 Å². The maximum absolute atomic E-state index is 11.7. The molecule has 146 valence electrons. The fourth-order valence-corrected chi connectivity index (χ4v) is 3.12. The first-order valence-corrected chi connectivity index (χ1v) is 9.35. The maximum atomic E-state index is 11.7. The van der Waals surface area contributed by atoms with Crippen molar-refractivity contribution in [1.82, 2.24) is 16.0 Å². The Morgan fingerprint density at radius 1 is 1.11 bits per heavy atom. The minimum atomic E-state index is -0.0755. The summed E-state index contributed by atoms with van der Waals surface area (Å²) in [6, 6.07) is 15.7. The minimum Gasteiger partial charge on any atom is -0.459 e. The highest BCUT2D eigenvalue weighted by Gasteiger charge is 2.10. The summed E-state index contributed by atoms with van der Waals surface area (Å²) in [5.41, 5.74) is 3.81. The first-order chi connectivity index (χ1) is 13.6. The topological polar surface area (TPSA) is 78.7 Å². The summed E-state index contributed by atoms with van der Waals surface area (Å²) in [7, 11) is 3.38. The van der Waals surface area contributed by atoms with Crippen molar-refractivity contribution in [2.45, 2.75) is 19.9 Å². The van der Waals surface area contributed by atoms with Crippen molar-refractivity contribution in [3.8, 4) is 0 Å². The van der Waals surface area contributed by atoms with Gasteiger partial charge in [0, 0.05) is 37.2 Å². The van der Waals surface area contributed by atoms with Gasteiger partial charge in [0.2, 0.25) is 0 Å². The lowest BCUT2D eigenvalue weighted by Crippen LogP contribution is -2.37. The lowest BCUT2D eigenvalue weighted by Gasteiger charge is -2.11. The first-order valence-electron chi connectivity index (χ1n) is 9.35. The van der Waals surface area contributed by atoms with Gasteiger partial charge in [0.25, 0.3) is 5.91 Å². The molecule has 28 heavy (non-hydrogen) atoms. The third-order valence-corrected chi connectivity index (χ3v) is 4.70. The van der Waals surface area contributed by atoms with E-state index in [-0.39, 0.29) is 5.91 Å². The molecule has 3 rings (SSSR count). The molecule has 0 aliphatic rings. The number of rotatable bonds is 6. The van der Waals surface area contributed by atoms with E-state index in [9.17, 15) is 4.79 Å². The van der Waals surface area contributed by atoms with Crippen LogP contribution in [0, 0.1) is 6.92 Å². The zero-order chi connectivity index (χ0) is 19.9. The number of nitrogens with zero attached hydrogens (tertiary/aromatic N) is 1. The molecule has 0 fully saturated rings. The van der Waals surface area contributed by atoms with Crippen LogP contribution in [0.3, 0.4) is 0 Å². The van der Waals surface area contributed by atoms with Gasteiger partial charge in [0.05, 0.1) is 6.54 Å². The quantitative estimate of drug-likeness (QED) is 0.455. The zero-order valence-corrected chi connectivity index (χ0v) is 16.5. The Balaban J connectivity index is 1.54. The number of aliphatic imine (C=N–C) groups is 1. The summed E-state index contributed by atoms with van der Waals surface area (Å²) < 4.78 is 5.93. The van der Waals surface area contributed by atoms with Gasteiger partial charge >= 0.3 is 0 Å². The van der Waals surface area contributed by atoms with E-state index in [2.05, 4.69) is 33.9 Å². The van der Waals surface area contributed by atoms with Gasteiger partial charge in [-0.15, -0.1) is 0 Å². The molecule has 3 N–H and O–H groups in total. The summed E-state index contributed by atoms with van der Waals surface area (Å²) in [6.45, 7) is 3.33. The van der Waals surface area contributed by atoms with Crippen molar-refractivity contribution < 1.29 is 9.21 Å². The highest BCUT2D eigenvalue weighted by atomic mass is 16.3. The minimum absolute atomic E-state index is 0.0755. The Morgan fingerprint density at radius 2 is 1.93 bits per heavy atom. The summed E-state index contributed by atoms with van der Waals surface area (Å²) in [4.78, 5) is 16.0. The van der Waals surface area contributed by atoms with Crippen molar-refractivity contribution in [2.75, 3.05) is 20.6 Å². The van der Waals surface area contributed by atoms with E-state index in [0.717, 1.165) is 34.3 Å². The van der Waals surface area contributed by atoms with E-state index >= 15 is 0 Å². The van der Waals surface area contributed by atoms with Crippen molar-refractivity contribution in [3.05, 3.63) is 71.0 Å². The van der Waals surface area contributed by atoms with Crippen molar-refractivity contribution >= 4 is 22.8 Å². The highest BCUT2D eigenvalue weighted by Crippen LogP contribution is 2.24. The van der Waals surface area contributed by atoms with E-state index in [1.807, 2.05) is 42.5 Å². The molecule has 1 aromatic heterocycles. The molecule has 0 saturated heterocycles. The zero-order valence-electron chi connectivity index (χ0n) is 16.5. The fraction of sp³-hybridized carbons (Fsp3) is 0.273. The molecule has 0 aliphatic heterocycles. The van der Waals surface area contributed by atoms with Gasteiger partial charge in [0.1, 0.15) is 11.3 Å². The number of para-hydroxylation sites is 1. The predicted molar refractivity (Wildman–Crippen MR) is 113 cm³/mol. The number of aryl methyl sites for hydroxylation is 1. The lowest BCUT2D eigenvalue weighted by molar-refractivity contribution is 0.0963. The van der Waals surface area contributed by atoms with Crippen LogP contribution in [0.2, 0.25) is 0 Å². The average molecular weight is 378 g/mol. The number of hydrogen-bond donors (Lipinski definition) is 3. The third-order valence-electron chi connectivity index (χ3n) is 4.70. The Kier molecular flexibility index (Phi) is 6.32. The molecule has 0 unspecified atom stereocenters. The molecule has 6 heteroatoms. The Morgan fingerprint density at radius 3 is 2.68 bits per heavy atom. The molecule has 2 aromatic carbocycles. The molecule has 0 radical (unpaired) electrons. The third kappa shape index (κ3) is 4.52. The van der Waals surface area contributed by atoms with E-state index in [1.165, 1.54) is 0 Å². The van der Waals surface area contributed by atoms with Gasteiger partial charge in [-0.2, -0.15) is 0 Å². The van der Waals surface area contributed by atoms with E-state index in [1.54, 1.807) is 14.1 Å². The van der Waals surface area contributed by atoms with Crippen LogP contribution < -0.4 is 16.0 Å². The highest BCUT2D eigenvalue weighted by molar-refractivity contribution is 5.94. The monoisotopic (exact) mass is 378 g/mol. The van der Waals surface area contributed by atoms with E-state index in [4.69, 9.17) is 4.42 Å². The molecule has 0 spiro atoms. The molecule has 1 amide bonds. The second-order valence-electron chi connectivity index (χ2n) is 6.53. The number of hydrogen-bond acceptors (Lipinski definition) is 3. The number of carbonyl (C=O) groups excluding carboxylic acids is 1. The molecule has 0 saturated carbocycles. The van der Waals surface area contributed by atoms with Gasteiger partial charge in [-0.05, 0) is 37.1 Å². The standard InChI is InChI=1S/C22H26N4O2/c1-15-18-9-4-5-10-19(18)28-20(15)14-26-22(24-3)25-12-11-16-7-6-8-17(13-16)21(27)23-2/h4-10,13H,11-12,14H2,1-3H3,(H,23,27)(H2,24,25,26). The number of fused-ring (bicyclic) bond motifs is 1. The number of furan rings is 1. The molecule has 0 aliphatic carbocycles. The van der Waals surface area contributed by atoms with Crippen LogP contribution in [0.4, 0.5) is 0 Å². The van der Waals surface area contributed by atoms with Crippen molar-refractivity contribution in [2.24, 2.45) is 4.99 Å². The Bertz CT molecular complexity index is 991. The number of nitrogens with one attached hydrogen (secondary N) is 3. The Labute approximate surface area is 165 Å². The molecular weight excluding hydrogens is 352 g/mol. The predicted octanol–water partition coefficient (Wildman–Crippen LogP) is 3.01. The van der Waals surface area contributed by atoms with Crippen LogP contribution >= 0.6 is 0 Å². The second-order valence-corrected chi connectivity index (χ2v) is 6.53. The van der Waals surface area contributed by atoms with Crippen LogP contribution in [-0.2, 0) is 13.0 Å². The summed E-state index contributed by atoms with van der Waals surface area (Å²) in [6.07, 6.45) is 0.787. The molecular formula is C22H26N4O2. The number of carbonyl (C=O) groups is 1. The normalized spacial score (nSPS) is 11.5. The summed E-state index contributed by atoms with van der Waals surface area (Å²) in [5.74, 6) is 1.54. The van der Waals surface area contributed by atoms with Gasteiger partial charge in [-0.3, -0.25) is 9.79 Å². The number of guanidine groups is 1. The number of benzene rings is 2. The van der Waals surface area contributed by atoms with Gasteiger partial charge in [-0.1, -0.05) is 30.3 Å². The maximum Gasteiger partial charge on any atom is 0.251 e. The average Bonchev–Trinajstić information content (AvgIpc) is 3.06. The molecule has 6 nitrogen and oxygen atoms in total. The molecule has 0 bridgehead atoms. The SMILES string of the molecule is CN=C(NCCc1cccc(C(=O)NC)c1)NCc1oc2ccccc2c1C. The molecule has 0 atom stereocenters. The first kappa shape index (κ1) is 19.5. The Hall–Kier alpha value is -3.28. The van der Waals surface area contributed by atoms with Crippen LogP contribution in [-0.4, -0.2) is 32.5 Å². The molecule has 3 aromatic rings. The van der Waals surface area contributed by atoms with E-state index < -0.39 is 0 Å². The lowest BCUT2D eigenvalue weighted by atomic mass is 10.1. The number of amides is 1. The second kappa shape index (κ2) is 9.08. The van der Waals surface area contributed by atoms with Crippen LogP contribution in [0.25, 0.3) is 11.0 Å². The summed E-state index contributed by atoms with van der Waals surface area (Å²) >= 11 is 0. The molecule has 1 heterocycles. The van der Waals surface area contributed by atoms with Gasteiger partial charge in [0.15, 0.2) is 5.96 Å². The fourth-order valence-electron chi connectivity index (χ4n) is 3.12. The summed E-state index contributed by atoms with van der Waals surface area (Å²) in [5, 5.41) is 10.4. The van der Waals surface area contributed by atoms with E-state index in [0.29, 0.717) is 24.6 Å². The van der Waals surface area contributed by atoms with Crippen LogP contribution in [0.1, 0.15) is 27.2 Å². The van der Waals surface area contributed by atoms with Gasteiger partial charge in [-0.25, -0.2) is 0 Å². The van der Waals surface area contributed by atoms with Crippen LogP contribution in [0.15, 0.2) is 57.9 Å². The smallest absolute Gasteiger partial charge is 0.251 e. The largest absolute Gasteiger partial charge is 0.459 e.